The first-order valence-corrected chi connectivity index (χ1v) is 8.83. The molecule has 2 aromatic carbocycles. The van der Waals surface area contributed by atoms with Crippen LogP contribution in [0.5, 0.6) is 0 Å². The van der Waals surface area contributed by atoms with Crippen LogP contribution in [0, 0.1) is 11.8 Å². The first-order chi connectivity index (χ1) is 12.1. The highest BCUT2D eigenvalue weighted by Crippen LogP contribution is 2.36. The van der Waals surface area contributed by atoms with Crippen LogP contribution in [0.1, 0.15) is 6.92 Å². The van der Waals surface area contributed by atoms with Crippen LogP contribution < -0.4 is 5.32 Å². The second kappa shape index (κ2) is 7.75. The fraction of sp³-hybridized carbons (Fsp3) is 0.111. The normalized spacial score (nSPS) is 10.2. The minimum Gasteiger partial charge on any atom is -0.436 e. The van der Waals surface area contributed by atoms with Gasteiger partial charge in [-0.2, -0.15) is 0 Å². The molecular formula is C18H12Cl2N2O2S. The van der Waals surface area contributed by atoms with Crippen LogP contribution in [0.25, 0.3) is 20.8 Å². The van der Waals surface area contributed by atoms with Gasteiger partial charge in [-0.3, -0.25) is 5.32 Å². The number of nitrogens with zero attached hydrogens (tertiary/aromatic N) is 1. The Hall–Kier alpha value is -2.26. The number of nitrogens with one attached hydrogen (secondary N) is 1. The van der Waals surface area contributed by atoms with E-state index < -0.39 is 6.09 Å². The number of rotatable bonds is 3. The number of halogens is 2. The average molecular weight is 391 g/mol. The summed E-state index contributed by atoms with van der Waals surface area (Å²) in [5.41, 5.74) is 2.09. The number of thiazole rings is 1. The van der Waals surface area contributed by atoms with Crippen LogP contribution in [0.2, 0.25) is 10.0 Å². The van der Waals surface area contributed by atoms with E-state index in [0.717, 1.165) is 20.8 Å². The monoisotopic (exact) mass is 390 g/mol. The van der Waals surface area contributed by atoms with Gasteiger partial charge in [0, 0.05) is 16.3 Å². The topological polar surface area (TPSA) is 51.2 Å². The van der Waals surface area contributed by atoms with Gasteiger partial charge in [-0.05, 0) is 43.3 Å². The Kier molecular flexibility index (Phi) is 5.44. The molecule has 126 valence electrons. The third-order valence-corrected chi connectivity index (χ3v) is 4.88. The minimum absolute atomic E-state index is 0.0431. The lowest BCUT2D eigenvalue weighted by atomic mass is 10.2. The predicted octanol–water partition coefficient (Wildman–Crippen LogP) is 5.84. The molecule has 0 radical (unpaired) electrons. The van der Waals surface area contributed by atoms with Crippen molar-refractivity contribution in [3.05, 3.63) is 46.4 Å². The maximum Gasteiger partial charge on any atom is 0.412 e. The van der Waals surface area contributed by atoms with E-state index in [1.54, 1.807) is 31.2 Å². The fourth-order valence-electron chi connectivity index (χ4n) is 2.11. The van der Waals surface area contributed by atoms with Crippen LogP contribution in [0.15, 0.2) is 36.4 Å². The molecule has 0 spiro atoms. The van der Waals surface area contributed by atoms with Crippen molar-refractivity contribution in [2.75, 3.05) is 11.9 Å². The van der Waals surface area contributed by atoms with Crippen LogP contribution in [-0.2, 0) is 4.74 Å². The maximum absolute atomic E-state index is 11.7. The summed E-state index contributed by atoms with van der Waals surface area (Å²) in [7, 11) is 0. The van der Waals surface area contributed by atoms with Crippen molar-refractivity contribution in [3.8, 4) is 22.4 Å². The molecule has 0 atom stereocenters. The van der Waals surface area contributed by atoms with E-state index in [0.29, 0.717) is 15.7 Å². The second-order valence-electron chi connectivity index (χ2n) is 4.95. The molecule has 3 aromatic rings. The third kappa shape index (κ3) is 4.23. The van der Waals surface area contributed by atoms with E-state index in [2.05, 4.69) is 22.1 Å². The Bertz CT molecular complexity index is 1010. The highest BCUT2D eigenvalue weighted by Gasteiger charge is 2.12. The van der Waals surface area contributed by atoms with Gasteiger partial charge in [-0.25, -0.2) is 9.78 Å². The van der Waals surface area contributed by atoms with Gasteiger partial charge >= 0.3 is 6.09 Å². The molecule has 0 fully saturated rings. The van der Waals surface area contributed by atoms with Gasteiger partial charge in [0.15, 0.2) is 6.61 Å². The first kappa shape index (κ1) is 17.6. The Balaban J connectivity index is 1.87. The highest BCUT2D eigenvalue weighted by molar-refractivity contribution is 7.21. The molecule has 0 aliphatic carbocycles. The molecule has 0 unspecified atom stereocenters. The summed E-state index contributed by atoms with van der Waals surface area (Å²) in [5.74, 6) is 5.31. The van der Waals surface area contributed by atoms with Gasteiger partial charge in [-0.1, -0.05) is 29.1 Å². The Morgan fingerprint density at radius 2 is 2.12 bits per heavy atom. The Morgan fingerprint density at radius 1 is 1.28 bits per heavy atom. The summed E-state index contributed by atoms with van der Waals surface area (Å²) < 4.78 is 5.94. The van der Waals surface area contributed by atoms with Crippen LogP contribution >= 0.6 is 34.5 Å². The molecule has 1 heterocycles. The summed E-state index contributed by atoms with van der Waals surface area (Å²) in [4.78, 5) is 16.3. The lowest BCUT2D eigenvalue weighted by Crippen LogP contribution is -2.13. The standard InChI is InChI=1S/C18H12Cl2N2O2S/c1-2-3-8-24-18(23)21-12-5-6-14(20)13(10-12)17-22-15-9-11(19)4-7-16(15)25-17/h4-7,9-10H,8H2,1H3,(H,21,23). The molecule has 7 heteroatoms. The number of hydrogen-bond acceptors (Lipinski definition) is 4. The van der Waals surface area contributed by atoms with Crippen molar-refractivity contribution >= 4 is 56.5 Å². The van der Waals surface area contributed by atoms with Crippen LogP contribution in [-0.4, -0.2) is 17.7 Å². The zero-order valence-corrected chi connectivity index (χ0v) is 15.4. The van der Waals surface area contributed by atoms with E-state index >= 15 is 0 Å². The molecule has 0 saturated heterocycles. The van der Waals surface area contributed by atoms with Gasteiger partial charge < -0.3 is 4.74 Å². The van der Waals surface area contributed by atoms with E-state index in [1.807, 2.05) is 12.1 Å². The Labute approximate surface area is 158 Å². The summed E-state index contributed by atoms with van der Waals surface area (Å²) in [5, 5.41) is 4.57. The first-order valence-electron chi connectivity index (χ1n) is 7.26. The predicted molar refractivity (Wildman–Crippen MR) is 103 cm³/mol. The smallest absolute Gasteiger partial charge is 0.412 e. The number of ether oxygens (including phenoxy) is 1. The average Bonchev–Trinajstić information content (AvgIpc) is 2.99. The van der Waals surface area contributed by atoms with Gasteiger partial charge in [0.1, 0.15) is 5.01 Å². The second-order valence-corrected chi connectivity index (χ2v) is 6.83. The fourth-order valence-corrected chi connectivity index (χ4v) is 3.52. The van der Waals surface area contributed by atoms with Crippen molar-refractivity contribution in [2.24, 2.45) is 0 Å². The zero-order chi connectivity index (χ0) is 17.8. The summed E-state index contributed by atoms with van der Waals surface area (Å²) in [6, 6.07) is 10.7. The van der Waals surface area contributed by atoms with Crippen molar-refractivity contribution in [2.45, 2.75) is 6.92 Å². The number of hydrogen-bond donors (Lipinski definition) is 1. The lowest BCUT2D eigenvalue weighted by molar-refractivity contribution is 0.176. The van der Waals surface area contributed by atoms with E-state index in [1.165, 1.54) is 11.3 Å². The molecule has 3 rings (SSSR count). The highest BCUT2D eigenvalue weighted by atomic mass is 35.5. The van der Waals surface area contributed by atoms with E-state index in [4.69, 9.17) is 27.9 Å². The summed E-state index contributed by atoms with van der Waals surface area (Å²) in [6.07, 6.45) is -0.577. The summed E-state index contributed by atoms with van der Waals surface area (Å²) >= 11 is 13.8. The van der Waals surface area contributed by atoms with E-state index in [-0.39, 0.29) is 6.61 Å². The molecule has 0 aliphatic heterocycles. The molecule has 4 nitrogen and oxygen atoms in total. The van der Waals surface area contributed by atoms with Crippen molar-refractivity contribution in [1.29, 1.82) is 0 Å². The number of aromatic nitrogens is 1. The van der Waals surface area contributed by atoms with Gasteiger partial charge in [0.2, 0.25) is 0 Å². The quantitative estimate of drug-likeness (QED) is 0.571. The number of anilines is 1. The number of fused-ring (bicyclic) bond motifs is 1. The number of benzene rings is 2. The van der Waals surface area contributed by atoms with E-state index in [9.17, 15) is 4.79 Å². The van der Waals surface area contributed by atoms with Crippen molar-refractivity contribution in [3.63, 3.8) is 0 Å². The molecule has 0 aliphatic rings. The summed E-state index contributed by atoms with van der Waals surface area (Å²) in [6.45, 7) is 1.72. The molecule has 0 bridgehead atoms. The molecule has 1 aromatic heterocycles. The van der Waals surface area contributed by atoms with Crippen LogP contribution in [0.3, 0.4) is 0 Å². The molecule has 1 N–H and O–H groups in total. The van der Waals surface area contributed by atoms with Gasteiger partial charge in [-0.15, -0.1) is 17.3 Å². The molecule has 25 heavy (non-hydrogen) atoms. The van der Waals surface area contributed by atoms with Gasteiger partial charge in [0.05, 0.1) is 15.2 Å². The lowest BCUT2D eigenvalue weighted by Gasteiger charge is -2.07. The van der Waals surface area contributed by atoms with Crippen LogP contribution in [0.4, 0.5) is 10.5 Å². The largest absolute Gasteiger partial charge is 0.436 e. The molecular weight excluding hydrogens is 379 g/mol. The molecule has 0 saturated carbocycles. The number of amides is 1. The minimum atomic E-state index is -0.577. The van der Waals surface area contributed by atoms with Crippen molar-refractivity contribution in [1.82, 2.24) is 4.98 Å². The third-order valence-electron chi connectivity index (χ3n) is 3.24. The maximum atomic E-state index is 11.7. The number of carbonyl (C=O) groups is 1. The SMILES string of the molecule is CC#CCOC(=O)Nc1ccc(Cl)c(-c2nc3cc(Cl)ccc3s2)c1. The number of carbonyl (C=O) groups excluding carboxylic acids is 1. The zero-order valence-electron chi connectivity index (χ0n) is 13.1. The van der Waals surface area contributed by atoms with Crippen molar-refractivity contribution < 1.29 is 9.53 Å². The Morgan fingerprint density at radius 3 is 2.92 bits per heavy atom. The molecule has 1 amide bonds. The van der Waals surface area contributed by atoms with Gasteiger partial charge in [0.25, 0.3) is 0 Å².